The summed E-state index contributed by atoms with van der Waals surface area (Å²) in [7, 11) is -1.53. The number of hydrogen-bond donors (Lipinski definition) is 0. The Kier molecular flexibility index (Phi) is 3.14. The molecule has 14 heavy (non-hydrogen) atoms. The van der Waals surface area contributed by atoms with E-state index in [1.165, 1.54) is 7.11 Å². The maximum Gasteiger partial charge on any atom is 0.410 e. The zero-order valence-corrected chi connectivity index (χ0v) is 10.2. The van der Waals surface area contributed by atoms with Crippen molar-refractivity contribution in [2.24, 2.45) is 0 Å². The van der Waals surface area contributed by atoms with Crippen LogP contribution in [0.3, 0.4) is 0 Å². The van der Waals surface area contributed by atoms with Crippen LogP contribution in [0.1, 0.15) is 20.8 Å². The predicted molar refractivity (Wildman–Crippen MR) is 59.2 cm³/mol. The van der Waals surface area contributed by atoms with Gasteiger partial charge in [-0.25, -0.2) is 0 Å². The topological polar surface area (TPSA) is 29.1 Å². The molecule has 0 aliphatic carbocycles. The minimum absolute atomic E-state index is 0.330. The summed E-state index contributed by atoms with van der Waals surface area (Å²) in [6.07, 6.45) is 0. The quantitative estimate of drug-likeness (QED) is 0.687. The van der Waals surface area contributed by atoms with Crippen LogP contribution in [0, 0.1) is 0 Å². The highest BCUT2D eigenvalue weighted by atomic mass is 28.4. The highest BCUT2D eigenvalue weighted by molar-refractivity contribution is 6.82. The van der Waals surface area contributed by atoms with Crippen LogP contribution >= 0.6 is 0 Å². The summed E-state index contributed by atoms with van der Waals surface area (Å²) in [5, 5.41) is 0.485. The Labute approximate surface area is 86.8 Å². The maximum atomic E-state index is 12.6. The SMILES string of the molecule is CO[Si]([O])(c1ccccc1)C(C)(C)C. The Morgan fingerprint density at radius 2 is 1.64 bits per heavy atom. The predicted octanol–water partition coefficient (Wildman–Crippen LogP) is 2.21. The monoisotopic (exact) mass is 209 g/mol. The summed E-state index contributed by atoms with van der Waals surface area (Å²) >= 11 is 0. The second kappa shape index (κ2) is 3.85. The summed E-state index contributed by atoms with van der Waals surface area (Å²) in [6.45, 7) is 5.84. The average Bonchev–Trinajstić information content (AvgIpc) is 2.16. The van der Waals surface area contributed by atoms with Gasteiger partial charge < -0.3 is 4.43 Å². The fraction of sp³-hybridized carbons (Fsp3) is 0.455. The molecule has 0 amide bonds. The molecule has 0 spiro atoms. The smallest absolute Gasteiger partial charge is 0.393 e. The van der Waals surface area contributed by atoms with Crippen molar-refractivity contribution in [2.45, 2.75) is 25.8 Å². The van der Waals surface area contributed by atoms with Crippen LogP contribution in [0.4, 0.5) is 0 Å². The minimum atomic E-state index is -3.05. The summed E-state index contributed by atoms with van der Waals surface area (Å²) in [6, 6.07) is 9.43. The van der Waals surface area contributed by atoms with Crippen molar-refractivity contribution in [2.75, 3.05) is 7.11 Å². The van der Waals surface area contributed by atoms with E-state index < -0.39 is 8.56 Å². The van der Waals surface area contributed by atoms with Crippen LogP contribution in [0.25, 0.3) is 0 Å². The van der Waals surface area contributed by atoms with E-state index in [0.717, 1.165) is 5.19 Å². The zero-order chi connectivity index (χ0) is 10.8. The van der Waals surface area contributed by atoms with Gasteiger partial charge in [0.05, 0.1) is 0 Å². The molecule has 1 aromatic rings. The molecule has 0 N–H and O–H groups in total. The van der Waals surface area contributed by atoms with Crippen LogP contribution in [0.5, 0.6) is 0 Å². The molecule has 1 unspecified atom stereocenters. The lowest BCUT2D eigenvalue weighted by Gasteiger charge is -2.33. The fourth-order valence-corrected chi connectivity index (χ4v) is 3.86. The second-order valence-electron chi connectivity index (χ2n) is 4.44. The van der Waals surface area contributed by atoms with E-state index in [1.807, 2.05) is 51.1 Å². The Bertz CT molecular complexity index is 292. The van der Waals surface area contributed by atoms with Crippen molar-refractivity contribution in [3.8, 4) is 0 Å². The zero-order valence-electron chi connectivity index (χ0n) is 9.20. The van der Waals surface area contributed by atoms with Crippen molar-refractivity contribution in [1.29, 1.82) is 0 Å². The highest BCUT2D eigenvalue weighted by Crippen LogP contribution is 2.34. The molecule has 0 aliphatic rings. The van der Waals surface area contributed by atoms with Crippen LogP contribution in [-0.4, -0.2) is 15.7 Å². The number of hydrogen-bond acceptors (Lipinski definition) is 1. The Morgan fingerprint density at radius 3 is 2.00 bits per heavy atom. The summed E-state index contributed by atoms with van der Waals surface area (Å²) in [5.74, 6) is 0. The molecular weight excluding hydrogens is 192 g/mol. The van der Waals surface area contributed by atoms with Gasteiger partial charge in [-0.3, -0.25) is 4.80 Å². The largest absolute Gasteiger partial charge is 0.410 e. The van der Waals surface area contributed by atoms with Gasteiger partial charge in [-0.1, -0.05) is 51.1 Å². The molecule has 0 heterocycles. The van der Waals surface area contributed by atoms with Gasteiger partial charge in [0.2, 0.25) is 0 Å². The first-order valence-electron chi connectivity index (χ1n) is 4.73. The van der Waals surface area contributed by atoms with E-state index in [4.69, 9.17) is 4.43 Å². The van der Waals surface area contributed by atoms with Gasteiger partial charge in [0.1, 0.15) is 0 Å². The number of benzene rings is 1. The van der Waals surface area contributed by atoms with Crippen LogP contribution in [0.15, 0.2) is 30.3 Å². The third-order valence-electron chi connectivity index (χ3n) is 2.43. The highest BCUT2D eigenvalue weighted by Gasteiger charge is 2.49. The average molecular weight is 209 g/mol. The van der Waals surface area contributed by atoms with Crippen LogP contribution in [-0.2, 0) is 9.22 Å². The van der Waals surface area contributed by atoms with E-state index in [-0.39, 0.29) is 5.04 Å². The minimum Gasteiger partial charge on any atom is -0.393 e. The molecule has 2 nitrogen and oxygen atoms in total. The Morgan fingerprint density at radius 1 is 1.14 bits per heavy atom. The molecule has 1 atom stereocenters. The summed E-state index contributed by atoms with van der Waals surface area (Å²) < 4.78 is 5.27. The fourth-order valence-electron chi connectivity index (χ4n) is 1.51. The molecule has 77 valence electrons. The molecule has 1 rings (SSSR count). The molecule has 0 saturated heterocycles. The first-order chi connectivity index (χ1) is 6.42. The van der Waals surface area contributed by atoms with E-state index >= 15 is 0 Å². The standard InChI is InChI=1S/C11H17O2Si/c1-11(2,3)14(12,13-4)10-8-6-5-7-9-10/h5-9H,1-4H3. The lowest BCUT2D eigenvalue weighted by molar-refractivity contribution is 0.229. The van der Waals surface area contributed by atoms with Crippen molar-refractivity contribution in [3.05, 3.63) is 30.3 Å². The first-order valence-corrected chi connectivity index (χ1v) is 6.54. The van der Waals surface area contributed by atoms with Gasteiger partial charge >= 0.3 is 8.56 Å². The third-order valence-corrected chi connectivity index (χ3v) is 6.07. The second-order valence-corrected chi connectivity index (χ2v) is 8.16. The molecule has 0 bridgehead atoms. The molecule has 1 aromatic carbocycles. The maximum absolute atomic E-state index is 12.6. The Hall–Kier alpha value is -0.643. The molecule has 0 fully saturated rings. The van der Waals surface area contributed by atoms with E-state index in [1.54, 1.807) is 0 Å². The van der Waals surface area contributed by atoms with E-state index in [9.17, 15) is 4.80 Å². The normalized spacial score (nSPS) is 16.4. The van der Waals surface area contributed by atoms with Crippen LogP contribution in [0.2, 0.25) is 5.04 Å². The molecule has 1 radical (unpaired) electrons. The molecule has 0 aromatic heterocycles. The summed E-state index contributed by atoms with van der Waals surface area (Å²) in [4.78, 5) is 12.6. The van der Waals surface area contributed by atoms with Crippen molar-refractivity contribution in [1.82, 2.24) is 0 Å². The van der Waals surface area contributed by atoms with Crippen molar-refractivity contribution >= 4 is 13.7 Å². The van der Waals surface area contributed by atoms with E-state index in [2.05, 4.69) is 0 Å². The van der Waals surface area contributed by atoms with Crippen LogP contribution < -0.4 is 5.19 Å². The Balaban J connectivity index is 3.15. The lowest BCUT2D eigenvalue weighted by Crippen LogP contribution is -2.56. The van der Waals surface area contributed by atoms with Gasteiger partial charge in [0.15, 0.2) is 0 Å². The molecular formula is C11H17O2Si. The molecule has 3 heteroatoms. The first kappa shape index (κ1) is 11.4. The molecule has 0 aliphatic heterocycles. The van der Waals surface area contributed by atoms with Gasteiger partial charge in [0.25, 0.3) is 0 Å². The van der Waals surface area contributed by atoms with Gasteiger partial charge in [-0.05, 0) is 5.19 Å². The third kappa shape index (κ3) is 1.89. The van der Waals surface area contributed by atoms with Gasteiger partial charge in [-0.2, -0.15) is 0 Å². The van der Waals surface area contributed by atoms with Gasteiger partial charge in [0, 0.05) is 12.1 Å². The molecule has 0 saturated carbocycles. The van der Waals surface area contributed by atoms with E-state index in [0.29, 0.717) is 0 Å². The summed E-state index contributed by atoms with van der Waals surface area (Å²) in [5.41, 5.74) is 0. The lowest BCUT2D eigenvalue weighted by atomic mass is 10.2. The van der Waals surface area contributed by atoms with Crippen molar-refractivity contribution in [3.63, 3.8) is 0 Å². The number of rotatable bonds is 2. The van der Waals surface area contributed by atoms with Gasteiger partial charge in [-0.15, -0.1) is 0 Å². The van der Waals surface area contributed by atoms with Crippen molar-refractivity contribution < 1.29 is 9.22 Å².